The Balaban J connectivity index is 2.17. The molecule has 2 atom stereocenters. The van der Waals surface area contributed by atoms with Crippen LogP contribution in [0.15, 0.2) is 30.3 Å². The topological polar surface area (TPSA) is 44.8 Å². The van der Waals surface area contributed by atoms with Crippen molar-refractivity contribution in [3.8, 4) is 5.75 Å². The zero-order valence-electron chi connectivity index (χ0n) is 11.1. The van der Waals surface area contributed by atoms with Crippen molar-refractivity contribution in [2.24, 2.45) is 5.41 Å². The van der Waals surface area contributed by atoms with Gasteiger partial charge >= 0.3 is 7.82 Å². The lowest BCUT2D eigenvalue weighted by atomic mass is 9.82. The van der Waals surface area contributed by atoms with Crippen molar-refractivity contribution in [2.45, 2.75) is 39.9 Å². The van der Waals surface area contributed by atoms with Gasteiger partial charge in [0.1, 0.15) is 5.75 Å². The summed E-state index contributed by atoms with van der Waals surface area (Å²) < 4.78 is 28.8. The number of benzene rings is 1. The van der Waals surface area contributed by atoms with Gasteiger partial charge < -0.3 is 4.52 Å². The van der Waals surface area contributed by atoms with Gasteiger partial charge in [0.2, 0.25) is 0 Å². The minimum atomic E-state index is -3.53. The van der Waals surface area contributed by atoms with Crippen molar-refractivity contribution in [1.29, 1.82) is 0 Å². The second-order valence-electron chi connectivity index (χ2n) is 5.17. The Hall–Kier alpha value is -0.830. The highest BCUT2D eigenvalue weighted by atomic mass is 31.2. The lowest BCUT2D eigenvalue weighted by Gasteiger charge is -2.43. The normalized spacial score (nSPS) is 35.1. The van der Waals surface area contributed by atoms with Crippen LogP contribution in [-0.2, 0) is 13.6 Å². The van der Waals surface area contributed by atoms with Crippen LogP contribution in [0.5, 0.6) is 5.75 Å². The molecular weight excluding hydrogens is 251 g/mol. The number of hydrogen-bond donors (Lipinski definition) is 0. The monoisotopic (exact) mass is 270 g/mol. The third kappa shape index (κ3) is 2.61. The van der Waals surface area contributed by atoms with Gasteiger partial charge in [-0.15, -0.1) is 0 Å². The molecule has 0 spiro atoms. The van der Waals surface area contributed by atoms with Crippen molar-refractivity contribution < 1.29 is 18.1 Å². The molecule has 2 rings (SSSR count). The molecule has 0 N–H and O–H groups in total. The van der Waals surface area contributed by atoms with E-state index in [0.29, 0.717) is 5.75 Å². The summed E-state index contributed by atoms with van der Waals surface area (Å²) in [5.74, 6) is 0.486. The van der Waals surface area contributed by atoms with E-state index in [1.165, 1.54) is 0 Å². The molecule has 0 unspecified atom stereocenters. The van der Waals surface area contributed by atoms with Gasteiger partial charge in [0.05, 0.1) is 12.2 Å². The molecular formula is C13H19O4P. The molecule has 0 radical (unpaired) electrons. The van der Waals surface area contributed by atoms with Crippen molar-refractivity contribution in [2.75, 3.05) is 0 Å². The third-order valence-corrected chi connectivity index (χ3v) is 5.21. The Morgan fingerprint density at radius 3 is 2.11 bits per heavy atom. The fourth-order valence-electron chi connectivity index (χ4n) is 1.67. The van der Waals surface area contributed by atoms with E-state index in [0.717, 1.165) is 0 Å². The molecule has 1 aliphatic heterocycles. The largest absolute Gasteiger partial charge is 0.530 e. The highest BCUT2D eigenvalue weighted by Crippen LogP contribution is 2.59. The van der Waals surface area contributed by atoms with Crippen LogP contribution in [0.4, 0.5) is 0 Å². The van der Waals surface area contributed by atoms with Crippen LogP contribution < -0.4 is 4.52 Å². The minimum Gasteiger partial charge on any atom is -0.404 e. The summed E-state index contributed by atoms with van der Waals surface area (Å²) in [7, 11) is -3.53. The molecule has 0 aromatic heterocycles. The Kier molecular flexibility index (Phi) is 3.54. The van der Waals surface area contributed by atoms with Crippen molar-refractivity contribution in [1.82, 2.24) is 0 Å². The molecule has 1 aromatic carbocycles. The molecule has 5 heteroatoms. The van der Waals surface area contributed by atoms with Crippen LogP contribution in [0, 0.1) is 5.41 Å². The Bertz CT molecular complexity index is 439. The summed E-state index contributed by atoms with van der Waals surface area (Å²) in [4.78, 5) is 0. The second-order valence-corrected chi connectivity index (χ2v) is 6.67. The minimum absolute atomic E-state index is 0.198. The summed E-state index contributed by atoms with van der Waals surface area (Å²) in [6, 6.07) is 8.92. The average Bonchev–Trinajstić information content (AvgIpc) is 2.27. The summed E-state index contributed by atoms with van der Waals surface area (Å²) in [5.41, 5.74) is -0.200. The van der Waals surface area contributed by atoms with E-state index >= 15 is 0 Å². The maximum atomic E-state index is 12.4. The molecule has 18 heavy (non-hydrogen) atoms. The van der Waals surface area contributed by atoms with E-state index in [-0.39, 0.29) is 17.6 Å². The first-order valence-corrected chi connectivity index (χ1v) is 7.51. The van der Waals surface area contributed by atoms with Gasteiger partial charge in [-0.2, -0.15) is 0 Å². The lowest BCUT2D eigenvalue weighted by molar-refractivity contribution is -0.0767. The average molecular weight is 270 g/mol. The molecule has 1 aromatic rings. The third-order valence-electron chi connectivity index (χ3n) is 3.63. The van der Waals surface area contributed by atoms with Crippen LogP contribution in [-0.4, -0.2) is 12.2 Å². The van der Waals surface area contributed by atoms with Crippen molar-refractivity contribution >= 4 is 7.82 Å². The molecule has 1 saturated heterocycles. The second kappa shape index (κ2) is 4.69. The number of rotatable bonds is 2. The van der Waals surface area contributed by atoms with Gasteiger partial charge in [-0.3, -0.25) is 9.05 Å². The molecule has 1 heterocycles. The number of para-hydroxylation sites is 1. The number of phosphoric acid groups is 1. The quantitative estimate of drug-likeness (QED) is 0.761. The molecule has 0 saturated carbocycles. The molecule has 100 valence electrons. The Morgan fingerprint density at radius 1 is 1.11 bits per heavy atom. The van der Waals surface area contributed by atoms with E-state index in [1.54, 1.807) is 12.1 Å². The van der Waals surface area contributed by atoms with Crippen LogP contribution in [0.3, 0.4) is 0 Å². The van der Waals surface area contributed by atoms with Gasteiger partial charge in [0.15, 0.2) is 0 Å². The molecule has 0 aliphatic carbocycles. The van der Waals surface area contributed by atoms with E-state index in [4.69, 9.17) is 13.6 Å². The highest BCUT2D eigenvalue weighted by molar-refractivity contribution is 7.49. The van der Waals surface area contributed by atoms with Crippen molar-refractivity contribution in [3.05, 3.63) is 30.3 Å². The van der Waals surface area contributed by atoms with Gasteiger partial charge in [-0.25, -0.2) is 4.57 Å². The number of hydrogen-bond acceptors (Lipinski definition) is 4. The zero-order chi connectivity index (χ0) is 13.4. The standard InChI is InChI=1S/C13H19O4P/c1-10-13(3,4)11(2)16-18(14,15-10)17-12-8-6-5-7-9-12/h5-11H,1-4H3/t10-,11-/m1/s1. The number of phosphoric ester groups is 1. The smallest absolute Gasteiger partial charge is 0.404 e. The van der Waals surface area contributed by atoms with E-state index in [9.17, 15) is 4.57 Å². The van der Waals surface area contributed by atoms with E-state index < -0.39 is 7.82 Å². The maximum Gasteiger partial charge on any atom is 0.530 e. The van der Waals surface area contributed by atoms with E-state index in [2.05, 4.69) is 0 Å². The van der Waals surface area contributed by atoms with Gasteiger partial charge in [0, 0.05) is 5.41 Å². The first-order chi connectivity index (χ1) is 8.33. The summed E-state index contributed by atoms with van der Waals surface area (Å²) in [6.07, 6.45) is -0.397. The molecule has 0 amide bonds. The Morgan fingerprint density at radius 2 is 1.61 bits per heavy atom. The molecule has 1 fully saturated rings. The van der Waals surface area contributed by atoms with Crippen molar-refractivity contribution in [3.63, 3.8) is 0 Å². The highest BCUT2D eigenvalue weighted by Gasteiger charge is 2.48. The molecule has 1 aliphatic rings. The van der Waals surface area contributed by atoms with E-state index in [1.807, 2.05) is 45.9 Å². The summed E-state index contributed by atoms with van der Waals surface area (Å²) in [5, 5.41) is 0. The van der Waals surface area contributed by atoms with Gasteiger partial charge in [-0.05, 0) is 26.0 Å². The summed E-state index contributed by atoms with van der Waals surface area (Å²) >= 11 is 0. The Labute approximate surface area is 108 Å². The first-order valence-electron chi connectivity index (χ1n) is 6.05. The van der Waals surface area contributed by atoms with Gasteiger partial charge in [0.25, 0.3) is 0 Å². The SMILES string of the molecule is C[C@H]1OP(=O)(Oc2ccccc2)O[C@H](C)C1(C)C. The molecule has 0 bridgehead atoms. The van der Waals surface area contributed by atoms with Crippen LogP contribution in [0.2, 0.25) is 0 Å². The van der Waals surface area contributed by atoms with Crippen LogP contribution in [0.25, 0.3) is 0 Å². The lowest BCUT2D eigenvalue weighted by Crippen LogP contribution is -2.44. The van der Waals surface area contributed by atoms with Gasteiger partial charge in [-0.1, -0.05) is 32.0 Å². The predicted octanol–water partition coefficient (Wildman–Crippen LogP) is 4.02. The fraction of sp³-hybridized carbons (Fsp3) is 0.538. The predicted molar refractivity (Wildman–Crippen MR) is 69.6 cm³/mol. The van der Waals surface area contributed by atoms with Crippen LogP contribution in [0.1, 0.15) is 27.7 Å². The fourth-order valence-corrected chi connectivity index (χ4v) is 3.50. The first kappa shape index (κ1) is 13.6. The summed E-state index contributed by atoms with van der Waals surface area (Å²) in [6.45, 7) is 7.82. The van der Waals surface area contributed by atoms with Crippen LogP contribution >= 0.6 is 7.82 Å². The molecule has 4 nitrogen and oxygen atoms in total. The maximum absolute atomic E-state index is 12.4. The zero-order valence-corrected chi connectivity index (χ0v) is 12.0.